The van der Waals surface area contributed by atoms with Gasteiger partial charge in [-0.25, -0.2) is 9.13 Å². The van der Waals surface area contributed by atoms with Gasteiger partial charge in [0.25, 0.3) is 0 Å². The molecule has 0 atom stereocenters. The number of rotatable bonds is 14. The highest BCUT2D eigenvalue weighted by atomic mass is 32.7. The second-order valence-electron chi connectivity index (χ2n) is 4.73. The van der Waals surface area contributed by atoms with Crippen LogP contribution in [0.3, 0.4) is 0 Å². The molecule has 1 heterocycles. The smallest absolute Gasteiger partial charge is 0.301 e. The van der Waals surface area contributed by atoms with E-state index in [0.717, 1.165) is 34.2 Å². The number of pyridine rings is 1. The Labute approximate surface area is 163 Å². The van der Waals surface area contributed by atoms with Gasteiger partial charge in [-0.2, -0.15) is 0 Å². The molecule has 11 heteroatoms. The average Bonchev–Trinajstić information content (AvgIpc) is 2.60. The molecule has 0 saturated heterocycles. The summed E-state index contributed by atoms with van der Waals surface area (Å²) < 4.78 is 46.0. The third-order valence-electron chi connectivity index (χ3n) is 2.75. The average molecular weight is 443 g/mol. The zero-order valence-corrected chi connectivity index (χ0v) is 19.0. The van der Waals surface area contributed by atoms with Gasteiger partial charge < -0.3 is 18.1 Å². The molecule has 1 aromatic heterocycles. The van der Waals surface area contributed by atoms with Crippen LogP contribution in [0.5, 0.6) is 0 Å². The Balaban J connectivity index is 2.70. The van der Waals surface area contributed by atoms with Crippen molar-refractivity contribution in [3.63, 3.8) is 0 Å². The maximum atomic E-state index is 12.5. The first-order valence-corrected chi connectivity index (χ1v) is 14.7. The van der Waals surface area contributed by atoms with Crippen LogP contribution in [0.25, 0.3) is 0 Å². The molecule has 150 valence electrons. The first kappa shape index (κ1) is 24.2. The summed E-state index contributed by atoms with van der Waals surface area (Å²) in [6.07, 6.45) is 0. The van der Waals surface area contributed by atoms with Crippen LogP contribution in [0.15, 0.2) is 18.2 Å². The van der Waals surface area contributed by atoms with Crippen LogP contribution < -0.4 is 0 Å². The highest BCUT2D eigenvalue weighted by Gasteiger charge is 2.26. The molecule has 0 fully saturated rings. The summed E-state index contributed by atoms with van der Waals surface area (Å²) in [5.41, 5.74) is 1.49. The molecule has 1 rings (SSSR count). The van der Waals surface area contributed by atoms with Crippen molar-refractivity contribution in [2.75, 3.05) is 26.4 Å². The molecule has 0 amide bonds. The van der Waals surface area contributed by atoms with Crippen molar-refractivity contribution in [2.24, 2.45) is 0 Å². The van der Waals surface area contributed by atoms with Crippen molar-refractivity contribution in [1.82, 2.24) is 4.98 Å². The third kappa shape index (κ3) is 8.89. The molecule has 0 saturated carbocycles. The Hall–Kier alpha value is 0.150. The summed E-state index contributed by atoms with van der Waals surface area (Å²) in [4.78, 5) is 4.51. The van der Waals surface area contributed by atoms with Gasteiger partial charge in [0, 0.05) is 11.5 Å². The number of hydrogen-bond donors (Lipinski definition) is 0. The molecule has 0 unspecified atom stereocenters. The van der Waals surface area contributed by atoms with E-state index in [2.05, 4.69) is 4.98 Å². The Bertz CT molecular complexity index is 565. The van der Waals surface area contributed by atoms with Gasteiger partial charge in [-0.3, -0.25) is 4.98 Å². The third-order valence-corrected chi connectivity index (χ3v) is 10.5. The minimum absolute atomic E-state index is 0.318. The van der Waals surface area contributed by atoms with E-state index >= 15 is 0 Å². The molecule has 0 aliphatic rings. The minimum atomic E-state index is -3.17. The molecule has 0 aromatic carbocycles. The fourth-order valence-corrected chi connectivity index (χ4v) is 8.35. The summed E-state index contributed by atoms with van der Waals surface area (Å²) in [7, 11) is 0. The summed E-state index contributed by atoms with van der Waals surface area (Å²) in [5.74, 6) is 0.786. The lowest BCUT2D eigenvalue weighted by Crippen LogP contribution is -1.97. The summed E-state index contributed by atoms with van der Waals surface area (Å²) >= 11 is 2.22. The fraction of sp³-hybridized carbons (Fsp3) is 0.667. The Kier molecular flexibility index (Phi) is 11.7. The van der Waals surface area contributed by atoms with Gasteiger partial charge in [-0.1, -0.05) is 6.07 Å². The molecule has 7 nitrogen and oxygen atoms in total. The molecule has 0 spiro atoms. The van der Waals surface area contributed by atoms with Gasteiger partial charge in [0.05, 0.1) is 37.8 Å². The zero-order valence-electron chi connectivity index (χ0n) is 15.6. The lowest BCUT2D eigenvalue weighted by atomic mass is 10.3. The largest absolute Gasteiger partial charge is 0.389 e. The SMILES string of the molecule is CCOP(=O)(OCC)SCc1cccc(CSP(=O)(OCC)OCC)n1. The molecule has 1 aromatic rings. The number of hydrogen-bond acceptors (Lipinski definition) is 9. The van der Waals surface area contributed by atoms with E-state index in [1.165, 1.54) is 0 Å². The maximum Gasteiger partial charge on any atom is 0.389 e. The first-order valence-electron chi connectivity index (χ1n) is 8.42. The van der Waals surface area contributed by atoms with E-state index in [9.17, 15) is 9.13 Å². The Morgan fingerprint density at radius 2 is 1.12 bits per heavy atom. The monoisotopic (exact) mass is 443 g/mol. The lowest BCUT2D eigenvalue weighted by molar-refractivity contribution is 0.236. The number of aromatic nitrogens is 1. The van der Waals surface area contributed by atoms with Crippen molar-refractivity contribution in [3.05, 3.63) is 29.6 Å². The van der Waals surface area contributed by atoms with E-state index in [-0.39, 0.29) is 0 Å². The summed E-state index contributed by atoms with van der Waals surface area (Å²) in [6.45, 7) is 2.03. The molecular weight excluding hydrogens is 416 g/mol. The predicted octanol–water partition coefficient (Wildman–Crippen LogP) is 5.91. The van der Waals surface area contributed by atoms with E-state index in [0.29, 0.717) is 37.9 Å². The molecule has 0 radical (unpaired) electrons. The zero-order chi connectivity index (χ0) is 19.5. The van der Waals surface area contributed by atoms with Crippen LogP contribution >= 0.6 is 36.4 Å². The maximum absolute atomic E-state index is 12.5. The van der Waals surface area contributed by atoms with Gasteiger partial charge in [0.2, 0.25) is 0 Å². The van der Waals surface area contributed by atoms with E-state index in [1.807, 2.05) is 18.2 Å². The van der Waals surface area contributed by atoms with Crippen molar-refractivity contribution in [1.29, 1.82) is 0 Å². The molecule has 0 aliphatic carbocycles. The van der Waals surface area contributed by atoms with E-state index in [4.69, 9.17) is 18.1 Å². The minimum Gasteiger partial charge on any atom is -0.301 e. The highest BCUT2D eigenvalue weighted by molar-refractivity contribution is 8.55. The van der Waals surface area contributed by atoms with E-state index < -0.39 is 13.6 Å². The van der Waals surface area contributed by atoms with Crippen LogP contribution in [-0.4, -0.2) is 31.4 Å². The van der Waals surface area contributed by atoms with Crippen molar-refractivity contribution in [3.8, 4) is 0 Å². The molecule has 26 heavy (non-hydrogen) atoms. The molecule has 0 N–H and O–H groups in total. The molecule has 0 bridgehead atoms. The van der Waals surface area contributed by atoms with Crippen LogP contribution in [0.4, 0.5) is 0 Å². The van der Waals surface area contributed by atoms with Crippen LogP contribution in [0.1, 0.15) is 39.1 Å². The van der Waals surface area contributed by atoms with Crippen LogP contribution in [0, 0.1) is 0 Å². The first-order chi connectivity index (χ1) is 12.4. The van der Waals surface area contributed by atoms with Crippen molar-refractivity contribution < 1.29 is 27.2 Å². The van der Waals surface area contributed by atoms with Gasteiger partial charge in [0.15, 0.2) is 0 Å². The normalized spacial score (nSPS) is 12.5. The summed E-state index contributed by atoms with van der Waals surface area (Å²) in [6, 6.07) is 5.54. The van der Waals surface area contributed by atoms with Crippen LogP contribution in [0.2, 0.25) is 0 Å². The second-order valence-corrected chi connectivity index (χ2v) is 12.9. The second kappa shape index (κ2) is 12.6. The quantitative estimate of drug-likeness (QED) is 0.326. The van der Waals surface area contributed by atoms with Crippen molar-refractivity contribution in [2.45, 2.75) is 39.2 Å². The van der Waals surface area contributed by atoms with Crippen LogP contribution in [-0.2, 0) is 38.7 Å². The van der Waals surface area contributed by atoms with Gasteiger partial charge >= 0.3 is 13.6 Å². The highest BCUT2D eigenvalue weighted by Crippen LogP contribution is 2.62. The fourth-order valence-electron chi connectivity index (χ4n) is 1.84. The Morgan fingerprint density at radius 1 is 0.769 bits per heavy atom. The Morgan fingerprint density at radius 3 is 1.42 bits per heavy atom. The van der Waals surface area contributed by atoms with Gasteiger partial charge in [-0.15, -0.1) is 0 Å². The van der Waals surface area contributed by atoms with E-state index in [1.54, 1.807) is 27.7 Å². The van der Waals surface area contributed by atoms with Gasteiger partial charge in [0.1, 0.15) is 0 Å². The number of nitrogens with zero attached hydrogens (tertiary/aromatic N) is 1. The van der Waals surface area contributed by atoms with Crippen molar-refractivity contribution >= 4 is 36.4 Å². The predicted molar refractivity (Wildman–Crippen MR) is 109 cm³/mol. The lowest BCUT2D eigenvalue weighted by Gasteiger charge is -2.16. The topological polar surface area (TPSA) is 84.0 Å². The molecule has 0 aliphatic heterocycles. The van der Waals surface area contributed by atoms with Gasteiger partial charge in [-0.05, 0) is 62.6 Å². The summed E-state index contributed by atoms with van der Waals surface area (Å²) in [5, 5.41) is 0. The molecular formula is C15H27NO6P2S2. The standard InChI is InChI=1S/C15H27NO6P2S2/c1-5-19-23(17,20-6-2)25-12-14-10-9-11-15(16-14)13-26-24(18,21-7-3)22-8-4/h9-11H,5-8,12-13H2,1-4H3.